The molecule has 6 rings (SSSR count). The summed E-state index contributed by atoms with van der Waals surface area (Å²) in [6, 6.07) is 4.32. The average Bonchev–Trinajstić information content (AvgIpc) is 3.29. The molecule has 0 bridgehead atoms. The van der Waals surface area contributed by atoms with E-state index in [4.69, 9.17) is 4.74 Å². The van der Waals surface area contributed by atoms with Gasteiger partial charge >= 0.3 is 0 Å². The molecule has 5 aliphatic rings. The van der Waals surface area contributed by atoms with Crippen molar-refractivity contribution < 1.29 is 4.74 Å². The SMILES string of the molecule is CO[C@@H]1C[C@H]2[C@@H]3CC[C@H]([C@H](C)/C=C/c4ccc(C)cn4)[C@@]3(C)CC[C@@H]2[C@@]2(C)CC[C@@H]3CC312. The standard InChI is InChI=1S/C30H43NO/c1-19-6-8-22(31-18-19)9-7-20(2)24-10-11-25-23-16-27(32-5)30-17-21(30)12-15-29(30,4)26(23)13-14-28(24,25)3/h6-9,18,20-21,23-27H,10-17H2,1-5H3/b9-7+/t20-,21-,23+,24-,25+,26+,27-,28-,29-,30?/m1/s1. The third-order valence-electron chi connectivity index (χ3n) is 12.0. The highest BCUT2D eigenvalue weighted by atomic mass is 16.5. The highest BCUT2D eigenvalue weighted by molar-refractivity contribution is 5.45. The van der Waals surface area contributed by atoms with Crippen LogP contribution in [0.5, 0.6) is 0 Å². The highest BCUT2D eigenvalue weighted by Crippen LogP contribution is 2.82. The Morgan fingerprint density at radius 2 is 1.94 bits per heavy atom. The molecule has 0 radical (unpaired) electrons. The normalized spacial score (nSPS) is 49.9. The van der Waals surface area contributed by atoms with Gasteiger partial charge in [-0.25, -0.2) is 0 Å². The Hall–Kier alpha value is -1.15. The number of methoxy groups -OCH3 is 1. The molecule has 2 nitrogen and oxygen atoms in total. The molecule has 0 aromatic carbocycles. The molecule has 1 spiro atoms. The van der Waals surface area contributed by atoms with Crippen molar-refractivity contribution >= 4 is 6.08 Å². The van der Waals surface area contributed by atoms with Gasteiger partial charge in [-0.05, 0) is 122 Å². The Morgan fingerprint density at radius 1 is 1.09 bits per heavy atom. The molecule has 32 heavy (non-hydrogen) atoms. The van der Waals surface area contributed by atoms with Gasteiger partial charge in [0.15, 0.2) is 0 Å². The van der Waals surface area contributed by atoms with Crippen LogP contribution >= 0.6 is 0 Å². The van der Waals surface area contributed by atoms with E-state index in [9.17, 15) is 0 Å². The van der Waals surface area contributed by atoms with Crippen LogP contribution in [-0.2, 0) is 4.74 Å². The first kappa shape index (κ1) is 21.4. The summed E-state index contributed by atoms with van der Waals surface area (Å²) >= 11 is 0. The van der Waals surface area contributed by atoms with Gasteiger partial charge in [0.1, 0.15) is 0 Å². The molecule has 1 aromatic heterocycles. The first-order valence-corrected chi connectivity index (χ1v) is 13.5. The summed E-state index contributed by atoms with van der Waals surface area (Å²) in [4.78, 5) is 4.60. The minimum absolute atomic E-state index is 0.492. The topological polar surface area (TPSA) is 22.1 Å². The number of hydrogen-bond donors (Lipinski definition) is 0. The van der Waals surface area contributed by atoms with Crippen LogP contribution in [0.4, 0.5) is 0 Å². The van der Waals surface area contributed by atoms with Crippen molar-refractivity contribution in [2.45, 2.75) is 85.2 Å². The van der Waals surface area contributed by atoms with E-state index in [-0.39, 0.29) is 0 Å². The molecule has 0 aliphatic heterocycles. The number of aryl methyl sites for hydroxylation is 1. The minimum atomic E-state index is 0.492. The number of pyridine rings is 1. The van der Waals surface area contributed by atoms with Gasteiger partial charge in [0, 0.05) is 18.7 Å². The Kier molecular flexibility index (Phi) is 4.79. The molecular weight excluding hydrogens is 390 g/mol. The average molecular weight is 434 g/mol. The monoisotopic (exact) mass is 433 g/mol. The summed E-state index contributed by atoms with van der Waals surface area (Å²) in [5.74, 6) is 5.12. The fourth-order valence-electron chi connectivity index (χ4n) is 10.4. The first-order chi connectivity index (χ1) is 15.3. The molecular formula is C30H43NO. The molecule has 5 aliphatic carbocycles. The third-order valence-corrected chi connectivity index (χ3v) is 12.0. The lowest BCUT2D eigenvalue weighted by atomic mass is 9.45. The van der Waals surface area contributed by atoms with Crippen molar-refractivity contribution in [3.8, 4) is 0 Å². The van der Waals surface area contributed by atoms with Gasteiger partial charge in [0.05, 0.1) is 11.8 Å². The van der Waals surface area contributed by atoms with Crippen molar-refractivity contribution in [1.29, 1.82) is 0 Å². The van der Waals surface area contributed by atoms with E-state index in [0.717, 1.165) is 35.3 Å². The second kappa shape index (κ2) is 7.17. The van der Waals surface area contributed by atoms with E-state index in [1.165, 1.54) is 56.9 Å². The third kappa shape index (κ3) is 2.71. The quantitative estimate of drug-likeness (QED) is 0.496. The van der Waals surface area contributed by atoms with Gasteiger partial charge < -0.3 is 4.74 Å². The summed E-state index contributed by atoms with van der Waals surface area (Å²) in [6.07, 6.45) is 18.7. The van der Waals surface area contributed by atoms with Crippen molar-refractivity contribution in [2.75, 3.05) is 7.11 Å². The number of aromatic nitrogens is 1. The van der Waals surface area contributed by atoms with Gasteiger partial charge in [-0.3, -0.25) is 4.98 Å². The maximum atomic E-state index is 6.30. The van der Waals surface area contributed by atoms with E-state index < -0.39 is 0 Å². The Balaban J connectivity index is 1.24. The maximum Gasteiger partial charge on any atom is 0.0638 e. The molecule has 1 aromatic rings. The van der Waals surface area contributed by atoms with Crippen LogP contribution < -0.4 is 0 Å². The van der Waals surface area contributed by atoms with Crippen molar-refractivity contribution in [3.63, 3.8) is 0 Å². The van der Waals surface area contributed by atoms with E-state index in [2.05, 4.69) is 57.0 Å². The first-order valence-electron chi connectivity index (χ1n) is 13.5. The van der Waals surface area contributed by atoms with Crippen molar-refractivity contribution in [1.82, 2.24) is 4.98 Å². The van der Waals surface area contributed by atoms with Crippen molar-refractivity contribution in [2.24, 2.45) is 51.8 Å². The van der Waals surface area contributed by atoms with Crippen LogP contribution in [0.1, 0.15) is 83.4 Å². The number of nitrogens with zero attached hydrogens (tertiary/aromatic N) is 1. The molecule has 174 valence electrons. The van der Waals surface area contributed by atoms with Gasteiger partial charge in [0.2, 0.25) is 0 Å². The smallest absolute Gasteiger partial charge is 0.0638 e. The van der Waals surface area contributed by atoms with Gasteiger partial charge in [0.25, 0.3) is 0 Å². The molecule has 0 amide bonds. The summed E-state index contributed by atoms with van der Waals surface area (Å²) in [5.41, 5.74) is 3.91. The number of rotatable bonds is 4. The molecule has 0 saturated heterocycles. The summed E-state index contributed by atoms with van der Waals surface area (Å²) in [6.45, 7) is 9.94. The van der Waals surface area contributed by atoms with E-state index in [0.29, 0.717) is 28.3 Å². The van der Waals surface area contributed by atoms with Crippen LogP contribution in [0.3, 0.4) is 0 Å². The fourth-order valence-corrected chi connectivity index (χ4v) is 10.4. The van der Waals surface area contributed by atoms with Crippen LogP contribution in [-0.4, -0.2) is 18.2 Å². The zero-order valence-electron chi connectivity index (χ0n) is 20.9. The molecule has 0 N–H and O–H groups in total. The fraction of sp³-hybridized carbons (Fsp3) is 0.767. The zero-order chi connectivity index (χ0) is 22.3. The maximum absolute atomic E-state index is 6.30. The molecule has 5 fully saturated rings. The summed E-state index contributed by atoms with van der Waals surface area (Å²) < 4.78 is 6.30. The van der Waals surface area contributed by atoms with E-state index >= 15 is 0 Å². The highest BCUT2D eigenvalue weighted by Gasteiger charge is 2.77. The molecule has 10 atom stereocenters. The van der Waals surface area contributed by atoms with Crippen LogP contribution in [0.2, 0.25) is 0 Å². The van der Waals surface area contributed by atoms with Crippen LogP contribution in [0, 0.1) is 58.7 Å². The molecule has 2 heteroatoms. The van der Waals surface area contributed by atoms with Gasteiger partial charge in [-0.2, -0.15) is 0 Å². The lowest BCUT2D eigenvalue weighted by molar-refractivity contribution is -0.160. The van der Waals surface area contributed by atoms with Gasteiger partial charge in [-0.1, -0.05) is 32.9 Å². The van der Waals surface area contributed by atoms with Gasteiger partial charge in [-0.15, -0.1) is 0 Å². The second-order valence-electron chi connectivity index (χ2n) is 12.9. The Morgan fingerprint density at radius 3 is 2.66 bits per heavy atom. The number of fused-ring (bicyclic) bond motifs is 4. The number of ether oxygens (including phenoxy) is 1. The Labute approximate surface area is 195 Å². The lowest BCUT2D eigenvalue weighted by Gasteiger charge is -2.61. The molecule has 1 unspecified atom stereocenters. The predicted octanol–water partition coefficient (Wildman–Crippen LogP) is 7.32. The zero-order valence-corrected chi connectivity index (χ0v) is 20.9. The van der Waals surface area contributed by atoms with E-state index in [1.54, 1.807) is 0 Å². The van der Waals surface area contributed by atoms with Crippen LogP contribution in [0.25, 0.3) is 6.08 Å². The van der Waals surface area contributed by atoms with Crippen LogP contribution in [0.15, 0.2) is 24.4 Å². The number of hydrogen-bond acceptors (Lipinski definition) is 2. The molecule has 5 saturated carbocycles. The summed E-state index contributed by atoms with van der Waals surface area (Å²) in [5, 5.41) is 0. The second-order valence-corrected chi connectivity index (χ2v) is 12.9. The predicted molar refractivity (Wildman–Crippen MR) is 131 cm³/mol. The molecule has 1 heterocycles. The lowest BCUT2D eigenvalue weighted by Crippen LogP contribution is -2.57. The van der Waals surface area contributed by atoms with Crippen molar-refractivity contribution in [3.05, 3.63) is 35.7 Å². The number of allylic oxidation sites excluding steroid dienone is 1. The minimum Gasteiger partial charge on any atom is -0.381 e. The Bertz CT molecular complexity index is 906. The summed E-state index contributed by atoms with van der Waals surface area (Å²) in [7, 11) is 2.01. The van der Waals surface area contributed by atoms with E-state index in [1.807, 2.05) is 13.3 Å². The largest absolute Gasteiger partial charge is 0.381 e.